The van der Waals surface area contributed by atoms with Gasteiger partial charge < -0.3 is 15.2 Å². The molecule has 1 fully saturated rings. The quantitative estimate of drug-likeness (QED) is 0.798. The van der Waals surface area contributed by atoms with Gasteiger partial charge in [0.25, 0.3) is 0 Å². The van der Waals surface area contributed by atoms with E-state index in [0.29, 0.717) is 19.3 Å². The molecule has 0 spiro atoms. The topological polar surface area (TPSA) is 44.5 Å². The molecule has 2 N–H and O–H groups in total. The van der Waals surface area contributed by atoms with Gasteiger partial charge in [0, 0.05) is 12.0 Å². The molecule has 0 aromatic heterocycles. The number of fused-ring (bicyclic) bond motifs is 1. The van der Waals surface area contributed by atoms with E-state index in [2.05, 4.69) is 19.1 Å². The van der Waals surface area contributed by atoms with E-state index in [-0.39, 0.29) is 5.41 Å². The van der Waals surface area contributed by atoms with E-state index in [1.54, 1.807) is 0 Å². The highest BCUT2D eigenvalue weighted by Crippen LogP contribution is 2.54. The Bertz CT molecular complexity index is 401. The molecule has 2 aliphatic rings. The zero-order valence-electron chi connectivity index (χ0n) is 8.82. The Hall–Kier alpha value is -1.22. The fourth-order valence-corrected chi connectivity index (χ4v) is 2.50. The van der Waals surface area contributed by atoms with Gasteiger partial charge in [0.15, 0.2) is 11.5 Å². The highest BCUT2D eigenvalue weighted by atomic mass is 16.7. The first-order chi connectivity index (χ1) is 7.26. The van der Waals surface area contributed by atoms with Crippen LogP contribution in [-0.4, -0.2) is 13.3 Å². The van der Waals surface area contributed by atoms with Crippen LogP contribution < -0.4 is 15.2 Å². The van der Waals surface area contributed by atoms with Crippen molar-refractivity contribution in [3.63, 3.8) is 0 Å². The minimum Gasteiger partial charge on any atom is -0.454 e. The summed E-state index contributed by atoms with van der Waals surface area (Å²) in [4.78, 5) is 0. The second kappa shape index (κ2) is 2.89. The predicted molar refractivity (Wildman–Crippen MR) is 57.1 cm³/mol. The fourth-order valence-electron chi connectivity index (χ4n) is 2.50. The van der Waals surface area contributed by atoms with Crippen LogP contribution in [0.3, 0.4) is 0 Å². The first kappa shape index (κ1) is 9.04. The number of ether oxygens (including phenoxy) is 2. The van der Waals surface area contributed by atoms with Gasteiger partial charge >= 0.3 is 0 Å². The summed E-state index contributed by atoms with van der Waals surface area (Å²) in [6.07, 6.45) is 1.18. The summed E-state index contributed by atoms with van der Waals surface area (Å²) in [6.45, 7) is 3.30. The van der Waals surface area contributed by atoms with E-state index in [9.17, 15) is 0 Å². The molecule has 1 aliphatic carbocycles. The van der Waals surface area contributed by atoms with Gasteiger partial charge in [-0.2, -0.15) is 0 Å². The summed E-state index contributed by atoms with van der Waals surface area (Å²) in [6, 6.07) is 6.18. The molecular formula is C12H15NO2. The van der Waals surface area contributed by atoms with Crippen molar-refractivity contribution in [2.45, 2.75) is 18.8 Å². The molecule has 3 heteroatoms. The standard InChI is InChI=1S/C12H15NO2/c1-8-5-12(8,6-13)9-2-3-10-11(4-9)15-7-14-10/h2-4,8H,5-7,13H2,1H3. The molecule has 2 atom stereocenters. The van der Waals surface area contributed by atoms with Crippen molar-refractivity contribution in [2.75, 3.05) is 13.3 Å². The van der Waals surface area contributed by atoms with Crippen LogP contribution in [-0.2, 0) is 5.41 Å². The molecule has 0 saturated heterocycles. The minimum absolute atomic E-state index is 0.195. The second-order valence-electron chi connectivity index (χ2n) is 4.53. The van der Waals surface area contributed by atoms with E-state index < -0.39 is 0 Å². The van der Waals surface area contributed by atoms with Gasteiger partial charge in [-0.05, 0) is 30.0 Å². The van der Waals surface area contributed by atoms with E-state index in [1.165, 1.54) is 12.0 Å². The number of hydrogen-bond acceptors (Lipinski definition) is 3. The Morgan fingerprint density at radius 1 is 1.40 bits per heavy atom. The molecule has 1 aliphatic heterocycles. The molecule has 1 saturated carbocycles. The molecule has 3 rings (SSSR count). The van der Waals surface area contributed by atoms with Gasteiger partial charge in [-0.3, -0.25) is 0 Å². The Morgan fingerprint density at radius 2 is 2.13 bits per heavy atom. The average Bonchev–Trinajstić information content (AvgIpc) is 2.74. The van der Waals surface area contributed by atoms with Crippen LogP contribution in [0.4, 0.5) is 0 Å². The SMILES string of the molecule is CC1CC1(CN)c1ccc2c(c1)OCO2. The molecule has 0 amide bonds. The van der Waals surface area contributed by atoms with E-state index in [1.807, 2.05) is 6.07 Å². The molecule has 0 radical (unpaired) electrons. The lowest BCUT2D eigenvalue weighted by Crippen LogP contribution is -2.21. The van der Waals surface area contributed by atoms with Crippen molar-refractivity contribution in [3.8, 4) is 11.5 Å². The smallest absolute Gasteiger partial charge is 0.231 e. The summed E-state index contributed by atoms with van der Waals surface area (Å²) in [5, 5.41) is 0. The van der Waals surface area contributed by atoms with Crippen LogP contribution in [0.15, 0.2) is 18.2 Å². The lowest BCUT2D eigenvalue weighted by molar-refractivity contribution is 0.174. The summed E-state index contributed by atoms with van der Waals surface area (Å²) in [5.41, 5.74) is 7.35. The molecule has 0 bridgehead atoms. The Morgan fingerprint density at radius 3 is 2.80 bits per heavy atom. The summed E-state index contributed by atoms with van der Waals surface area (Å²) in [7, 11) is 0. The number of hydrogen-bond donors (Lipinski definition) is 1. The molecule has 15 heavy (non-hydrogen) atoms. The van der Waals surface area contributed by atoms with Crippen LogP contribution >= 0.6 is 0 Å². The van der Waals surface area contributed by atoms with Crippen LogP contribution in [0.2, 0.25) is 0 Å². The van der Waals surface area contributed by atoms with E-state index in [0.717, 1.165) is 11.5 Å². The largest absolute Gasteiger partial charge is 0.454 e. The van der Waals surface area contributed by atoms with Gasteiger partial charge in [-0.25, -0.2) is 0 Å². The average molecular weight is 205 g/mol. The van der Waals surface area contributed by atoms with Crippen molar-refractivity contribution < 1.29 is 9.47 Å². The van der Waals surface area contributed by atoms with Crippen molar-refractivity contribution in [1.82, 2.24) is 0 Å². The molecule has 80 valence electrons. The van der Waals surface area contributed by atoms with E-state index in [4.69, 9.17) is 15.2 Å². The third-order valence-electron chi connectivity index (χ3n) is 3.77. The molecular weight excluding hydrogens is 190 g/mol. The maximum Gasteiger partial charge on any atom is 0.231 e. The number of nitrogens with two attached hydrogens (primary N) is 1. The van der Waals surface area contributed by atoms with Crippen LogP contribution in [0.5, 0.6) is 11.5 Å². The number of benzene rings is 1. The molecule has 2 unspecified atom stereocenters. The third-order valence-corrected chi connectivity index (χ3v) is 3.77. The van der Waals surface area contributed by atoms with Crippen LogP contribution in [0, 0.1) is 5.92 Å². The highest BCUT2D eigenvalue weighted by Gasteiger charge is 2.51. The van der Waals surface area contributed by atoms with Crippen molar-refractivity contribution in [2.24, 2.45) is 11.7 Å². The first-order valence-electron chi connectivity index (χ1n) is 5.36. The van der Waals surface area contributed by atoms with Gasteiger partial charge in [-0.1, -0.05) is 13.0 Å². The Labute approximate surface area is 89.2 Å². The fraction of sp³-hybridized carbons (Fsp3) is 0.500. The highest BCUT2D eigenvalue weighted by molar-refractivity contribution is 5.48. The lowest BCUT2D eigenvalue weighted by atomic mass is 9.93. The monoisotopic (exact) mass is 205 g/mol. The zero-order chi connectivity index (χ0) is 10.5. The molecule has 1 aromatic carbocycles. The van der Waals surface area contributed by atoms with Crippen molar-refractivity contribution in [1.29, 1.82) is 0 Å². The first-order valence-corrected chi connectivity index (χ1v) is 5.36. The Balaban J connectivity index is 2.00. The van der Waals surface area contributed by atoms with Gasteiger partial charge in [-0.15, -0.1) is 0 Å². The van der Waals surface area contributed by atoms with Gasteiger partial charge in [0.05, 0.1) is 0 Å². The van der Waals surface area contributed by atoms with Crippen LogP contribution in [0.25, 0.3) is 0 Å². The van der Waals surface area contributed by atoms with E-state index >= 15 is 0 Å². The maximum absolute atomic E-state index is 5.86. The lowest BCUT2D eigenvalue weighted by Gasteiger charge is -2.14. The van der Waals surface area contributed by atoms with Gasteiger partial charge in [0.1, 0.15) is 0 Å². The minimum atomic E-state index is 0.195. The van der Waals surface area contributed by atoms with Crippen molar-refractivity contribution in [3.05, 3.63) is 23.8 Å². The number of rotatable bonds is 2. The zero-order valence-corrected chi connectivity index (χ0v) is 8.82. The summed E-state index contributed by atoms with van der Waals surface area (Å²) in [5.74, 6) is 2.39. The summed E-state index contributed by atoms with van der Waals surface area (Å²) < 4.78 is 10.7. The summed E-state index contributed by atoms with van der Waals surface area (Å²) >= 11 is 0. The molecule has 3 nitrogen and oxygen atoms in total. The third kappa shape index (κ3) is 1.16. The van der Waals surface area contributed by atoms with Crippen LogP contribution in [0.1, 0.15) is 18.9 Å². The van der Waals surface area contributed by atoms with Crippen molar-refractivity contribution >= 4 is 0 Å². The maximum atomic E-state index is 5.86. The second-order valence-corrected chi connectivity index (χ2v) is 4.53. The Kier molecular flexibility index (Phi) is 1.74. The normalized spacial score (nSPS) is 31.7. The van der Waals surface area contributed by atoms with Gasteiger partial charge in [0.2, 0.25) is 6.79 Å². The molecule has 1 aromatic rings. The predicted octanol–water partition coefficient (Wildman–Crippen LogP) is 1.65. The molecule has 1 heterocycles.